The lowest BCUT2D eigenvalue weighted by Crippen LogP contribution is -2.20. The SMILES string of the molecule is Fc1ccc([C@@H]2Cn3cnc(-c4nc(-c5cccc(C(F)(F)F)c5)no4)c3CO2)cc1. The highest BCUT2D eigenvalue weighted by atomic mass is 19.4. The molecular weight excluding hydrogens is 416 g/mol. The zero-order valence-electron chi connectivity index (χ0n) is 15.8. The first kappa shape index (κ1) is 19.4. The molecule has 2 aromatic heterocycles. The molecule has 0 aliphatic carbocycles. The van der Waals surface area contributed by atoms with E-state index < -0.39 is 11.7 Å². The summed E-state index contributed by atoms with van der Waals surface area (Å²) in [5.74, 6) is -0.202. The molecule has 1 aliphatic rings. The summed E-state index contributed by atoms with van der Waals surface area (Å²) in [4.78, 5) is 8.54. The van der Waals surface area contributed by atoms with Crippen LogP contribution < -0.4 is 0 Å². The maximum atomic E-state index is 13.2. The summed E-state index contributed by atoms with van der Waals surface area (Å²) in [6.45, 7) is 0.668. The number of aromatic nitrogens is 4. The molecule has 0 radical (unpaired) electrons. The Kier molecular flexibility index (Phi) is 4.58. The Balaban J connectivity index is 1.40. The molecular formula is C21H14F4N4O2. The van der Waals surface area contributed by atoms with E-state index in [0.29, 0.717) is 17.9 Å². The molecule has 0 fully saturated rings. The number of fused-ring (bicyclic) bond motifs is 1. The molecule has 4 aromatic rings. The lowest BCUT2D eigenvalue weighted by Gasteiger charge is -2.25. The molecule has 0 bridgehead atoms. The molecule has 3 heterocycles. The van der Waals surface area contributed by atoms with Crippen LogP contribution in [0.3, 0.4) is 0 Å². The Morgan fingerprint density at radius 1 is 1.06 bits per heavy atom. The van der Waals surface area contributed by atoms with Crippen molar-refractivity contribution in [3.8, 4) is 23.0 Å². The molecule has 0 saturated heterocycles. The molecule has 0 spiro atoms. The lowest BCUT2D eigenvalue weighted by atomic mass is 10.1. The Morgan fingerprint density at radius 3 is 2.65 bits per heavy atom. The maximum Gasteiger partial charge on any atom is 0.416 e. The van der Waals surface area contributed by atoms with Crippen LogP contribution in [0.4, 0.5) is 17.6 Å². The van der Waals surface area contributed by atoms with Crippen molar-refractivity contribution in [2.24, 2.45) is 0 Å². The molecule has 10 heteroatoms. The van der Waals surface area contributed by atoms with E-state index in [1.165, 1.54) is 24.3 Å². The van der Waals surface area contributed by atoms with Crippen molar-refractivity contribution in [1.29, 1.82) is 0 Å². The summed E-state index contributed by atoms with van der Waals surface area (Å²) < 4.78 is 65.1. The predicted octanol–water partition coefficient (Wildman–Crippen LogP) is 5.03. The second kappa shape index (κ2) is 7.31. The van der Waals surface area contributed by atoms with Crippen molar-refractivity contribution in [1.82, 2.24) is 19.7 Å². The number of halogens is 4. The molecule has 0 saturated carbocycles. The third kappa shape index (κ3) is 3.70. The van der Waals surface area contributed by atoms with Crippen LogP contribution in [-0.2, 0) is 24.1 Å². The van der Waals surface area contributed by atoms with Gasteiger partial charge in [0.25, 0.3) is 5.89 Å². The molecule has 2 aromatic carbocycles. The third-order valence-corrected chi connectivity index (χ3v) is 5.05. The third-order valence-electron chi connectivity index (χ3n) is 5.05. The van der Waals surface area contributed by atoms with E-state index in [2.05, 4.69) is 15.1 Å². The van der Waals surface area contributed by atoms with E-state index in [4.69, 9.17) is 9.26 Å². The lowest BCUT2D eigenvalue weighted by molar-refractivity contribution is -0.137. The first-order valence-corrected chi connectivity index (χ1v) is 9.31. The average molecular weight is 430 g/mol. The topological polar surface area (TPSA) is 66.0 Å². The van der Waals surface area contributed by atoms with Crippen molar-refractivity contribution in [2.45, 2.75) is 25.4 Å². The van der Waals surface area contributed by atoms with Crippen LogP contribution >= 0.6 is 0 Å². The van der Waals surface area contributed by atoms with E-state index in [-0.39, 0.29) is 35.8 Å². The van der Waals surface area contributed by atoms with Crippen molar-refractivity contribution < 1.29 is 26.8 Å². The fourth-order valence-electron chi connectivity index (χ4n) is 3.46. The molecule has 1 atom stereocenters. The van der Waals surface area contributed by atoms with E-state index in [0.717, 1.165) is 17.7 Å². The standard InChI is InChI=1S/C21H14F4N4O2/c22-15-6-4-12(5-7-15)17-9-29-11-26-18(16(29)10-30-17)20-27-19(28-31-20)13-2-1-3-14(8-13)21(23,24)25/h1-8,11,17H,9-10H2/t17-/m0/s1. The van der Waals surface area contributed by atoms with Gasteiger partial charge in [0.05, 0.1) is 30.7 Å². The van der Waals surface area contributed by atoms with E-state index in [1.54, 1.807) is 18.5 Å². The molecule has 0 N–H and O–H groups in total. The highest BCUT2D eigenvalue weighted by Crippen LogP contribution is 2.34. The minimum absolute atomic E-state index is 0.0313. The summed E-state index contributed by atoms with van der Waals surface area (Å²) in [6.07, 6.45) is -3.12. The second-order valence-electron chi connectivity index (χ2n) is 7.05. The van der Waals surface area contributed by atoms with Crippen molar-refractivity contribution in [3.63, 3.8) is 0 Å². The fourth-order valence-corrected chi connectivity index (χ4v) is 3.46. The quantitative estimate of drug-likeness (QED) is 0.427. The number of hydrogen-bond donors (Lipinski definition) is 0. The normalized spacial score (nSPS) is 16.3. The Hall–Kier alpha value is -3.53. The largest absolute Gasteiger partial charge is 0.416 e. The molecule has 6 nitrogen and oxygen atoms in total. The van der Waals surface area contributed by atoms with Crippen LogP contribution in [0.5, 0.6) is 0 Å². The van der Waals surface area contributed by atoms with Gasteiger partial charge in [0.15, 0.2) is 5.69 Å². The van der Waals surface area contributed by atoms with Crippen LogP contribution in [0.2, 0.25) is 0 Å². The van der Waals surface area contributed by atoms with Gasteiger partial charge in [-0.05, 0) is 29.8 Å². The van der Waals surface area contributed by atoms with Gasteiger partial charge in [-0.2, -0.15) is 18.2 Å². The zero-order valence-corrected chi connectivity index (χ0v) is 15.8. The fraction of sp³-hybridized carbons (Fsp3) is 0.190. The smallest absolute Gasteiger partial charge is 0.365 e. The minimum Gasteiger partial charge on any atom is -0.365 e. The van der Waals surface area contributed by atoms with Crippen molar-refractivity contribution in [3.05, 3.63) is 77.5 Å². The van der Waals surface area contributed by atoms with Gasteiger partial charge in [-0.25, -0.2) is 9.37 Å². The van der Waals surface area contributed by atoms with Gasteiger partial charge in [-0.3, -0.25) is 0 Å². The number of alkyl halides is 3. The maximum absolute atomic E-state index is 13.2. The van der Waals surface area contributed by atoms with Crippen molar-refractivity contribution >= 4 is 0 Å². The highest BCUT2D eigenvalue weighted by molar-refractivity contribution is 5.60. The van der Waals surface area contributed by atoms with Gasteiger partial charge < -0.3 is 13.8 Å². The van der Waals surface area contributed by atoms with Gasteiger partial charge in [-0.15, -0.1) is 0 Å². The molecule has 158 valence electrons. The van der Waals surface area contributed by atoms with Crippen LogP contribution in [0.25, 0.3) is 23.0 Å². The Morgan fingerprint density at radius 2 is 1.87 bits per heavy atom. The van der Waals surface area contributed by atoms with E-state index >= 15 is 0 Å². The molecule has 1 aliphatic heterocycles. The summed E-state index contributed by atoms with van der Waals surface area (Å²) in [5.41, 5.74) is 1.34. The van der Waals surface area contributed by atoms with E-state index in [1.807, 2.05) is 4.57 Å². The number of imidazole rings is 1. The molecule has 31 heavy (non-hydrogen) atoms. The van der Waals surface area contributed by atoms with Gasteiger partial charge in [-0.1, -0.05) is 29.4 Å². The number of ether oxygens (including phenoxy) is 1. The molecule has 0 unspecified atom stereocenters. The first-order valence-electron chi connectivity index (χ1n) is 9.31. The Bertz CT molecular complexity index is 1230. The summed E-state index contributed by atoms with van der Waals surface area (Å²) in [7, 11) is 0. The van der Waals surface area contributed by atoms with Crippen LogP contribution in [0.1, 0.15) is 22.9 Å². The van der Waals surface area contributed by atoms with Gasteiger partial charge in [0.2, 0.25) is 5.82 Å². The summed E-state index contributed by atoms with van der Waals surface area (Å²) in [5, 5.41) is 3.81. The van der Waals surface area contributed by atoms with Crippen LogP contribution in [0, 0.1) is 5.82 Å². The summed E-state index contributed by atoms with van der Waals surface area (Å²) >= 11 is 0. The molecule has 0 amide bonds. The number of rotatable bonds is 3. The monoisotopic (exact) mass is 430 g/mol. The minimum atomic E-state index is -4.47. The number of benzene rings is 2. The van der Waals surface area contributed by atoms with Crippen molar-refractivity contribution in [2.75, 3.05) is 0 Å². The number of hydrogen-bond acceptors (Lipinski definition) is 5. The van der Waals surface area contributed by atoms with Gasteiger partial charge in [0, 0.05) is 5.56 Å². The Labute approximate surface area is 173 Å². The average Bonchev–Trinajstić information content (AvgIpc) is 3.40. The van der Waals surface area contributed by atoms with Gasteiger partial charge >= 0.3 is 6.18 Å². The summed E-state index contributed by atoms with van der Waals surface area (Å²) in [6, 6.07) is 10.8. The first-order chi connectivity index (χ1) is 14.9. The van der Waals surface area contributed by atoms with E-state index in [9.17, 15) is 17.6 Å². The zero-order chi connectivity index (χ0) is 21.6. The second-order valence-corrected chi connectivity index (χ2v) is 7.05. The predicted molar refractivity (Wildman–Crippen MR) is 99.9 cm³/mol. The van der Waals surface area contributed by atoms with Crippen LogP contribution in [-0.4, -0.2) is 19.7 Å². The van der Waals surface area contributed by atoms with Crippen LogP contribution in [0.15, 0.2) is 59.4 Å². The number of nitrogens with zero attached hydrogens (tertiary/aromatic N) is 4. The highest BCUT2D eigenvalue weighted by Gasteiger charge is 2.31. The van der Waals surface area contributed by atoms with Gasteiger partial charge in [0.1, 0.15) is 11.9 Å². The molecule has 5 rings (SSSR count).